The fourth-order valence-electron chi connectivity index (χ4n) is 1.32. The minimum Gasteiger partial charge on any atom is -0.508 e. The summed E-state index contributed by atoms with van der Waals surface area (Å²) in [5.74, 6) is -0.0678. The molecule has 0 amide bonds. The summed E-state index contributed by atoms with van der Waals surface area (Å²) in [6, 6.07) is 4.10. The minimum atomic E-state index is -0.274. The zero-order valence-corrected chi connectivity index (χ0v) is 7.89. The number of halogens is 1. The average molecular weight is 182 g/mol. The molecule has 0 radical (unpaired) electrons. The third-order valence-corrected chi connectivity index (χ3v) is 2.09. The number of phenols is 1. The van der Waals surface area contributed by atoms with Crippen LogP contribution in [0.15, 0.2) is 18.2 Å². The third-order valence-electron chi connectivity index (χ3n) is 2.09. The molecule has 13 heavy (non-hydrogen) atoms. The van der Waals surface area contributed by atoms with Crippen LogP contribution in [0.2, 0.25) is 0 Å². The van der Waals surface area contributed by atoms with Crippen molar-refractivity contribution in [3.8, 4) is 5.75 Å². The Morgan fingerprint density at radius 1 is 1.31 bits per heavy atom. The van der Waals surface area contributed by atoms with Gasteiger partial charge >= 0.3 is 0 Å². The standard InChI is InChI=1S/C11H15FO/c1-2-3-4-5-9-8-10(12)6-7-11(9)13/h6-8,13H,2-5H2,1H3. The highest BCUT2D eigenvalue weighted by molar-refractivity contribution is 5.32. The SMILES string of the molecule is CCCCCc1cc(F)ccc1O. The molecule has 1 aromatic rings. The van der Waals surface area contributed by atoms with E-state index >= 15 is 0 Å². The summed E-state index contributed by atoms with van der Waals surface area (Å²) in [6.07, 6.45) is 4.02. The summed E-state index contributed by atoms with van der Waals surface area (Å²) in [6.45, 7) is 2.12. The molecule has 1 rings (SSSR count). The Morgan fingerprint density at radius 2 is 2.08 bits per heavy atom. The van der Waals surface area contributed by atoms with E-state index in [4.69, 9.17) is 0 Å². The van der Waals surface area contributed by atoms with Crippen LogP contribution in [0, 0.1) is 5.82 Å². The maximum absolute atomic E-state index is 12.7. The molecule has 0 aromatic heterocycles. The van der Waals surface area contributed by atoms with Gasteiger partial charge in [-0.2, -0.15) is 0 Å². The zero-order chi connectivity index (χ0) is 9.68. The first-order valence-corrected chi connectivity index (χ1v) is 4.71. The number of aryl methyl sites for hydroxylation is 1. The van der Waals surface area contributed by atoms with Crippen LogP contribution in [0.3, 0.4) is 0 Å². The van der Waals surface area contributed by atoms with Crippen molar-refractivity contribution in [2.24, 2.45) is 0 Å². The summed E-state index contributed by atoms with van der Waals surface area (Å²) in [5.41, 5.74) is 0.716. The molecular weight excluding hydrogens is 167 g/mol. The van der Waals surface area contributed by atoms with Gasteiger partial charge < -0.3 is 5.11 Å². The highest BCUT2D eigenvalue weighted by Crippen LogP contribution is 2.19. The number of phenolic OH excluding ortho intramolecular Hbond substituents is 1. The van der Waals surface area contributed by atoms with E-state index in [1.165, 1.54) is 18.2 Å². The lowest BCUT2D eigenvalue weighted by Crippen LogP contribution is -1.87. The maximum Gasteiger partial charge on any atom is 0.123 e. The van der Waals surface area contributed by atoms with E-state index in [1.807, 2.05) is 0 Å². The molecule has 0 saturated carbocycles. The van der Waals surface area contributed by atoms with Crippen LogP contribution in [-0.4, -0.2) is 5.11 Å². The molecule has 0 saturated heterocycles. The lowest BCUT2D eigenvalue weighted by molar-refractivity contribution is 0.463. The molecule has 1 aromatic carbocycles. The van der Waals surface area contributed by atoms with Gasteiger partial charge in [-0.05, 0) is 36.6 Å². The summed E-state index contributed by atoms with van der Waals surface area (Å²) < 4.78 is 12.7. The zero-order valence-electron chi connectivity index (χ0n) is 7.89. The molecule has 0 aliphatic carbocycles. The number of hydrogen-bond donors (Lipinski definition) is 1. The topological polar surface area (TPSA) is 20.2 Å². The number of unbranched alkanes of at least 4 members (excludes halogenated alkanes) is 2. The van der Waals surface area contributed by atoms with E-state index < -0.39 is 0 Å². The van der Waals surface area contributed by atoms with Crippen LogP contribution in [0.1, 0.15) is 31.7 Å². The van der Waals surface area contributed by atoms with E-state index in [-0.39, 0.29) is 11.6 Å². The molecule has 2 heteroatoms. The van der Waals surface area contributed by atoms with E-state index in [1.54, 1.807) is 0 Å². The molecule has 0 aliphatic rings. The second-order valence-electron chi connectivity index (χ2n) is 3.23. The number of hydrogen-bond acceptors (Lipinski definition) is 1. The van der Waals surface area contributed by atoms with Gasteiger partial charge in [-0.25, -0.2) is 4.39 Å². The van der Waals surface area contributed by atoms with Crippen molar-refractivity contribution in [1.29, 1.82) is 0 Å². The van der Waals surface area contributed by atoms with Crippen LogP contribution in [0.4, 0.5) is 4.39 Å². The van der Waals surface area contributed by atoms with Gasteiger partial charge in [0.25, 0.3) is 0 Å². The van der Waals surface area contributed by atoms with Crippen molar-refractivity contribution >= 4 is 0 Å². The van der Waals surface area contributed by atoms with Crippen LogP contribution >= 0.6 is 0 Å². The highest BCUT2D eigenvalue weighted by Gasteiger charge is 2.01. The average Bonchev–Trinajstić information content (AvgIpc) is 2.11. The number of benzene rings is 1. The molecule has 0 unspecified atom stereocenters. The van der Waals surface area contributed by atoms with Crippen molar-refractivity contribution in [3.05, 3.63) is 29.6 Å². The number of aromatic hydroxyl groups is 1. The molecule has 72 valence electrons. The first-order valence-electron chi connectivity index (χ1n) is 4.71. The second-order valence-corrected chi connectivity index (χ2v) is 3.23. The molecular formula is C11H15FO. The summed E-state index contributed by atoms with van der Waals surface area (Å²) in [7, 11) is 0. The molecule has 0 aliphatic heterocycles. The smallest absolute Gasteiger partial charge is 0.123 e. The van der Waals surface area contributed by atoms with Crippen LogP contribution < -0.4 is 0 Å². The Balaban J connectivity index is 2.59. The summed E-state index contributed by atoms with van der Waals surface area (Å²) in [5, 5.41) is 9.37. The van der Waals surface area contributed by atoms with Gasteiger partial charge in [0, 0.05) is 0 Å². The lowest BCUT2D eigenvalue weighted by atomic mass is 10.1. The fraction of sp³-hybridized carbons (Fsp3) is 0.455. The molecule has 0 spiro atoms. The molecule has 1 nitrogen and oxygen atoms in total. The highest BCUT2D eigenvalue weighted by atomic mass is 19.1. The van der Waals surface area contributed by atoms with Gasteiger partial charge in [-0.3, -0.25) is 0 Å². The predicted octanol–water partition coefficient (Wildman–Crippen LogP) is 3.26. The van der Waals surface area contributed by atoms with Gasteiger partial charge in [0.15, 0.2) is 0 Å². The molecule has 0 bridgehead atoms. The van der Waals surface area contributed by atoms with E-state index in [2.05, 4.69) is 6.92 Å². The van der Waals surface area contributed by atoms with Gasteiger partial charge in [-0.15, -0.1) is 0 Å². The van der Waals surface area contributed by atoms with Crippen LogP contribution in [0.25, 0.3) is 0 Å². The molecule has 0 atom stereocenters. The van der Waals surface area contributed by atoms with E-state index in [0.29, 0.717) is 5.56 Å². The van der Waals surface area contributed by atoms with Crippen molar-refractivity contribution in [3.63, 3.8) is 0 Å². The Hall–Kier alpha value is -1.05. The van der Waals surface area contributed by atoms with Crippen LogP contribution in [-0.2, 0) is 6.42 Å². The van der Waals surface area contributed by atoms with Gasteiger partial charge in [0.05, 0.1) is 0 Å². The van der Waals surface area contributed by atoms with Gasteiger partial charge in [0.2, 0.25) is 0 Å². The molecule has 0 fully saturated rings. The first-order chi connectivity index (χ1) is 6.24. The van der Waals surface area contributed by atoms with E-state index in [0.717, 1.165) is 25.7 Å². The largest absolute Gasteiger partial charge is 0.508 e. The Kier molecular flexibility index (Phi) is 3.74. The minimum absolute atomic E-state index is 0.206. The predicted molar refractivity (Wildman–Crippen MR) is 51.3 cm³/mol. The van der Waals surface area contributed by atoms with Crippen LogP contribution in [0.5, 0.6) is 5.75 Å². The number of rotatable bonds is 4. The Bertz CT molecular complexity index is 271. The molecule has 0 heterocycles. The van der Waals surface area contributed by atoms with Crippen molar-refractivity contribution in [1.82, 2.24) is 0 Å². The van der Waals surface area contributed by atoms with Crippen molar-refractivity contribution in [2.45, 2.75) is 32.6 Å². The monoisotopic (exact) mass is 182 g/mol. The van der Waals surface area contributed by atoms with Gasteiger partial charge in [0.1, 0.15) is 11.6 Å². The van der Waals surface area contributed by atoms with Crippen molar-refractivity contribution in [2.75, 3.05) is 0 Å². The Morgan fingerprint density at radius 3 is 2.77 bits per heavy atom. The fourth-order valence-corrected chi connectivity index (χ4v) is 1.32. The molecule has 1 N–H and O–H groups in total. The summed E-state index contributed by atoms with van der Waals surface area (Å²) in [4.78, 5) is 0. The summed E-state index contributed by atoms with van der Waals surface area (Å²) >= 11 is 0. The van der Waals surface area contributed by atoms with Crippen molar-refractivity contribution < 1.29 is 9.50 Å². The second kappa shape index (κ2) is 4.85. The quantitative estimate of drug-likeness (QED) is 0.708. The van der Waals surface area contributed by atoms with E-state index in [9.17, 15) is 9.50 Å². The maximum atomic E-state index is 12.7. The third kappa shape index (κ3) is 3.05. The van der Waals surface area contributed by atoms with Gasteiger partial charge in [-0.1, -0.05) is 19.8 Å². The first kappa shape index (κ1) is 10.0. The normalized spacial score (nSPS) is 10.3. The lowest BCUT2D eigenvalue weighted by Gasteiger charge is -2.03. The Labute approximate surface area is 78.2 Å².